The summed E-state index contributed by atoms with van der Waals surface area (Å²) in [6.07, 6.45) is 0. The SMILES string of the molecule is C[Si](C)(C)N[Si](C)(C)C.C[Si](C)(C)N[Si](C)(C)C.C[Si](C)(C)N[Si](C)(C)C.[Ho]. The van der Waals surface area contributed by atoms with Crippen molar-refractivity contribution in [3.8, 4) is 0 Å². The molecule has 0 saturated carbocycles. The minimum atomic E-state index is -0.981. The van der Waals surface area contributed by atoms with Gasteiger partial charge in [-0.05, 0) is 0 Å². The second kappa shape index (κ2) is 13.9. The third kappa shape index (κ3) is 51.3. The maximum atomic E-state index is 3.74. The second-order valence-corrected chi connectivity index (χ2v) is 43.9. The molecule has 3 nitrogen and oxygen atoms in total. The number of rotatable bonds is 6. The summed E-state index contributed by atoms with van der Waals surface area (Å²) in [5, 5.41) is 0. The molecule has 3 N–H and O–H groups in total. The number of nitrogens with one attached hydrogen (secondary N) is 3. The van der Waals surface area contributed by atoms with E-state index in [-0.39, 0.29) is 37.7 Å². The first-order valence-corrected chi connectivity index (χ1v) is 31.5. The fourth-order valence-electron chi connectivity index (χ4n) is 3.38. The van der Waals surface area contributed by atoms with Crippen molar-refractivity contribution < 1.29 is 37.7 Å². The average Bonchev–Trinajstić information content (AvgIpc) is 1.96. The van der Waals surface area contributed by atoms with Crippen LogP contribution >= 0.6 is 0 Å². The Labute approximate surface area is 216 Å². The maximum Gasteiger partial charge on any atom is 0.109 e. The predicted molar refractivity (Wildman–Crippen MR) is 149 cm³/mol. The van der Waals surface area contributed by atoms with Crippen LogP contribution in [0.1, 0.15) is 0 Å². The van der Waals surface area contributed by atoms with Gasteiger partial charge in [-0.2, -0.15) is 0 Å². The topological polar surface area (TPSA) is 36.1 Å². The molecule has 0 aliphatic rings. The zero-order valence-corrected chi connectivity index (χ0v) is 30.7. The summed E-state index contributed by atoms with van der Waals surface area (Å²) in [6.45, 7) is 42.3. The Morgan fingerprint density at radius 1 is 0.250 bits per heavy atom. The van der Waals surface area contributed by atoms with Gasteiger partial charge in [0.15, 0.2) is 0 Å². The van der Waals surface area contributed by atoms with Crippen LogP contribution in [0.2, 0.25) is 118 Å². The first-order valence-electron chi connectivity index (χ1n) is 10.5. The summed E-state index contributed by atoms with van der Waals surface area (Å²) in [5.41, 5.74) is 0. The molecule has 0 spiro atoms. The van der Waals surface area contributed by atoms with Crippen molar-refractivity contribution in [3.05, 3.63) is 0 Å². The summed E-state index contributed by atoms with van der Waals surface area (Å²) in [5.74, 6) is 0. The van der Waals surface area contributed by atoms with Gasteiger partial charge in [-0.1, -0.05) is 118 Å². The normalized spacial score (nSPS) is 13.5. The molecular weight excluding hydrogens is 592 g/mol. The molecule has 0 aliphatic carbocycles. The van der Waals surface area contributed by atoms with Gasteiger partial charge in [0, 0.05) is 37.7 Å². The van der Waals surface area contributed by atoms with Gasteiger partial charge >= 0.3 is 0 Å². The molecule has 0 atom stereocenters. The van der Waals surface area contributed by atoms with E-state index in [0.29, 0.717) is 0 Å². The molecule has 0 aliphatic heterocycles. The van der Waals surface area contributed by atoms with Crippen molar-refractivity contribution in [2.24, 2.45) is 0 Å². The minimum Gasteiger partial charge on any atom is -0.360 e. The van der Waals surface area contributed by atoms with Crippen LogP contribution in [-0.2, 0) is 0 Å². The number of hydrogen-bond donors (Lipinski definition) is 3. The first kappa shape index (κ1) is 37.7. The van der Waals surface area contributed by atoms with Crippen molar-refractivity contribution in [1.82, 2.24) is 13.9 Å². The predicted octanol–water partition coefficient (Wildman–Crippen LogP) is 6.74. The van der Waals surface area contributed by atoms with Crippen LogP contribution < -0.4 is 13.9 Å². The molecule has 0 fully saturated rings. The molecule has 0 unspecified atom stereocenters. The van der Waals surface area contributed by atoms with E-state index in [9.17, 15) is 0 Å². The minimum absolute atomic E-state index is 0. The Hall–Kier alpha value is 2.44. The van der Waals surface area contributed by atoms with Gasteiger partial charge in [0.1, 0.15) is 49.4 Å². The molecular formula is C18H57HoN3Si6. The molecule has 28 heavy (non-hydrogen) atoms. The van der Waals surface area contributed by atoms with E-state index in [1.165, 1.54) is 0 Å². The maximum absolute atomic E-state index is 3.74. The zero-order chi connectivity index (χ0) is 23.1. The Morgan fingerprint density at radius 2 is 0.321 bits per heavy atom. The molecule has 0 aromatic heterocycles. The quantitative estimate of drug-likeness (QED) is 0.280. The van der Waals surface area contributed by atoms with Crippen molar-refractivity contribution >= 4 is 49.4 Å². The average molecular weight is 649 g/mol. The molecule has 179 valence electrons. The second-order valence-electron chi connectivity index (χ2n) is 13.9. The smallest absolute Gasteiger partial charge is 0.109 e. The van der Waals surface area contributed by atoms with Crippen LogP contribution in [0.3, 0.4) is 0 Å². The third-order valence-electron chi connectivity index (χ3n) is 2.25. The van der Waals surface area contributed by atoms with Crippen LogP contribution in [-0.4, -0.2) is 49.4 Å². The van der Waals surface area contributed by atoms with Crippen LogP contribution in [0.15, 0.2) is 0 Å². The summed E-state index contributed by atoms with van der Waals surface area (Å²) >= 11 is 0. The van der Waals surface area contributed by atoms with Crippen molar-refractivity contribution in [3.63, 3.8) is 0 Å². The Kier molecular flexibility index (Phi) is 18.7. The molecule has 0 bridgehead atoms. The monoisotopic (exact) mass is 648 g/mol. The van der Waals surface area contributed by atoms with E-state index in [4.69, 9.17) is 0 Å². The fourth-order valence-corrected chi connectivity index (χ4v) is 30.4. The van der Waals surface area contributed by atoms with Gasteiger partial charge in [-0.15, -0.1) is 0 Å². The van der Waals surface area contributed by atoms with Gasteiger partial charge in [0.2, 0.25) is 0 Å². The molecule has 0 rings (SSSR count). The summed E-state index contributed by atoms with van der Waals surface area (Å²) in [7, 11) is -5.89. The molecule has 0 aromatic rings. The van der Waals surface area contributed by atoms with Crippen molar-refractivity contribution in [1.29, 1.82) is 0 Å². The summed E-state index contributed by atoms with van der Waals surface area (Å²) in [6, 6.07) is 0. The molecule has 1 radical (unpaired) electrons. The van der Waals surface area contributed by atoms with Crippen molar-refractivity contribution in [2.75, 3.05) is 0 Å². The Balaban J connectivity index is -0.000000152. The van der Waals surface area contributed by atoms with Crippen LogP contribution in [0.25, 0.3) is 0 Å². The standard InChI is InChI=1S/3C6H19NSi2.Ho/c3*1-8(2,3)7-9(4,5)6;/h3*7H,1-6H3;. The third-order valence-corrected chi connectivity index (χ3v) is 20.2. The molecule has 0 heterocycles. The van der Waals surface area contributed by atoms with Gasteiger partial charge in [-0.25, -0.2) is 0 Å². The van der Waals surface area contributed by atoms with Crippen LogP contribution in [0.5, 0.6) is 0 Å². The van der Waals surface area contributed by atoms with E-state index in [1.54, 1.807) is 0 Å². The van der Waals surface area contributed by atoms with Crippen LogP contribution in [0, 0.1) is 37.7 Å². The van der Waals surface area contributed by atoms with Gasteiger partial charge < -0.3 is 13.9 Å². The fraction of sp³-hybridized carbons (Fsp3) is 1.00. The summed E-state index contributed by atoms with van der Waals surface area (Å²) < 4.78 is 11.2. The van der Waals surface area contributed by atoms with E-state index < -0.39 is 49.4 Å². The molecule has 0 saturated heterocycles. The van der Waals surface area contributed by atoms with Gasteiger partial charge in [0.05, 0.1) is 0 Å². The summed E-state index contributed by atoms with van der Waals surface area (Å²) in [4.78, 5) is 0. The Morgan fingerprint density at radius 3 is 0.321 bits per heavy atom. The van der Waals surface area contributed by atoms with Gasteiger partial charge in [-0.3, -0.25) is 0 Å². The number of hydrogen-bond acceptors (Lipinski definition) is 3. The largest absolute Gasteiger partial charge is 0.360 e. The van der Waals surface area contributed by atoms with E-state index in [2.05, 4.69) is 132 Å². The van der Waals surface area contributed by atoms with E-state index in [1.807, 2.05) is 0 Å². The van der Waals surface area contributed by atoms with Crippen molar-refractivity contribution in [2.45, 2.75) is 118 Å². The van der Waals surface area contributed by atoms with E-state index in [0.717, 1.165) is 0 Å². The molecule has 0 amide bonds. The molecule has 0 aromatic carbocycles. The zero-order valence-electron chi connectivity index (χ0n) is 22.8. The van der Waals surface area contributed by atoms with Crippen LogP contribution in [0.4, 0.5) is 0 Å². The molecule has 10 heteroatoms. The van der Waals surface area contributed by atoms with Gasteiger partial charge in [0.25, 0.3) is 0 Å². The van der Waals surface area contributed by atoms with E-state index >= 15 is 0 Å². The first-order chi connectivity index (χ1) is 11.1. The Bertz CT molecular complexity index is 297.